The Labute approximate surface area is 163 Å². The number of rotatable bonds is 4. The SMILES string of the molecule is CN(C)Cc1ccc(-c2cc3ccc(C(=O)NOC(=O)C(F)(F)F)cc3o2)cc1. The van der Waals surface area contributed by atoms with Gasteiger partial charge in [-0.25, -0.2) is 4.79 Å². The van der Waals surface area contributed by atoms with Gasteiger partial charge in [-0.3, -0.25) is 4.79 Å². The molecule has 0 spiro atoms. The third kappa shape index (κ3) is 4.94. The molecule has 2 aromatic carbocycles. The van der Waals surface area contributed by atoms with Crippen molar-refractivity contribution in [1.29, 1.82) is 0 Å². The summed E-state index contributed by atoms with van der Waals surface area (Å²) in [4.78, 5) is 28.4. The first-order valence-electron chi connectivity index (χ1n) is 8.49. The van der Waals surface area contributed by atoms with Crippen molar-refractivity contribution in [3.63, 3.8) is 0 Å². The Bertz CT molecular complexity index is 1040. The molecule has 0 aliphatic rings. The topological polar surface area (TPSA) is 71.8 Å². The number of hydrogen-bond donors (Lipinski definition) is 1. The van der Waals surface area contributed by atoms with Crippen molar-refractivity contribution in [3.8, 4) is 11.3 Å². The summed E-state index contributed by atoms with van der Waals surface area (Å²) in [6, 6.07) is 13.9. The number of benzene rings is 2. The molecular weight excluding hydrogens is 389 g/mol. The van der Waals surface area contributed by atoms with E-state index in [-0.39, 0.29) is 5.56 Å². The minimum absolute atomic E-state index is 0.0188. The number of nitrogens with zero attached hydrogens (tertiary/aromatic N) is 1. The number of hydroxylamine groups is 1. The van der Waals surface area contributed by atoms with Crippen LogP contribution in [-0.4, -0.2) is 37.0 Å². The molecule has 0 unspecified atom stereocenters. The molecule has 1 aromatic heterocycles. The van der Waals surface area contributed by atoms with Gasteiger partial charge in [-0.2, -0.15) is 18.7 Å². The van der Waals surface area contributed by atoms with E-state index in [0.717, 1.165) is 17.7 Å². The van der Waals surface area contributed by atoms with E-state index in [0.29, 0.717) is 16.7 Å². The largest absolute Gasteiger partial charge is 0.493 e. The van der Waals surface area contributed by atoms with Crippen LogP contribution in [-0.2, 0) is 16.2 Å². The second-order valence-electron chi connectivity index (χ2n) is 6.62. The molecule has 9 heteroatoms. The van der Waals surface area contributed by atoms with Crippen LogP contribution in [0.25, 0.3) is 22.3 Å². The maximum absolute atomic E-state index is 12.1. The van der Waals surface area contributed by atoms with Gasteiger partial charge in [0.15, 0.2) is 0 Å². The lowest BCUT2D eigenvalue weighted by Crippen LogP contribution is -2.34. The van der Waals surface area contributed by atoms with Gasteiger partial charge in [0.2, 0.25) is 0 Å². The smallest absolute Gasteiger partial charge is 0.456 e. The Balaban J connectivity index is 1.76. The zero-order valence-corrected chi connectivity index (χ0v) is 15.5. The Hall–Kier alpha value is -3.33. The molecule has 0 saturated heterocycles. The summed E-state index contributed by atoms with van der Waals surface area (Å²) in [6.45, 7) is 0.803. The van der Waals surface area contributed by atoms with Gasteiger partial charge in [0, 0.05) is 23.1 Å². The molecule has 0 atom stereocenters. The van der Waals surface area contributed by atoms with Crippen molar-refractivity contribution >= 4 is 22.8 Å². The second-order valence-corrected chi connectivity index (χ2v) is 6.62. The highest BCUT2D eigenvalue weighted by atomic mass is 19.4. The molecule has 0 fully saturated rings. The van der Waals surface area contributed by atoms with Crippen molar-refractivity contribution in [2.45, 2.75) is 12.7 Å². The van der Waals surface area contributed by atoms with E-state index in [2.05, 4.69) is 9.74 Å². The van der Waals surface area contributed by atoms with Gasteiger partial charge in [0.25, 0.3) is 5.91 Å². The van der Waals surface area contributed by atoms with E-state index in [1.165, 1.54) is 17.6 Å². The lowest BCUT2D eigenvalue weighted by Gasteiger charge is -2.09. The Morgan fingerprint density at radius 2 is 1.76 bits per heavy atom. The van der Waals surface area contributed by atoms with Gasteiger partial charge in [0.1, 0.15) is 11.3 Å². The first-order valence-corrected chi connectivity index (χ1v) is 8.49. The Kier molecular flexibility index (Phi) is 5.60. The van der Waals surface area contributed by atoms with Crippen LogP contribution in [0.3, 0.4) is 0 Å². The molecule has 1 amide bonds. The van der Waals surface area contributed by atoms with Crippen LogP contribution in [0.15, 0.2) is 52.9 Å². The Morgan fingerprint density at radius 1 is 1.07 bits per heavy atom. The first-order chi connectivity index (χ1) is 13.6. The van der Waals surface area contributed by atoms with Crippen LogP contribution in [0.4, 0.5) is 13.2 Å². The van der Waals surface area contributed by atoms with E-state index >= 15 is 0 Å². The average Bonchev–Trinajstić information content (AvgIpc) is 3.08. The van der Waals surface area contributed by atoms with Gasteiger partial charge in [0.05, 0.1) is 0 Å². The summed E-state index contributed by atoms with van der Waals surface area (Å²) in [5.74, 6) is -2.93. The molecule has 0 radical (unpaired) electrons. The number of nitrogens with one attached hydrogen (secondary N) is 1. The third-order valence-electron chi connectivity index (χ3n) is 3.99. The predicted octanol–water partition coefficient (Wildman–Crippen LogP) is 3.91. The summed E-state index contributed by atoms with van der Waals surface area (Å²) in [6.07, 6.45) is -5.20. The molecule has 0 saturated carbocycles. The zero-order valence-electron chi connectivity index (χ0n) is 15.5. The van der Waals surface area contributed by atoms with Crippen molar-refractivity contribution in [1.82, 2.24) is 10.4 Å². The normalized spacial score (nSPS) is 11.7. The molecule has 1 N–H and O–H groups in total. The summed E-state index contributed by atoms with van der Waals surface area (Å²) < 4.78 is 42.1. The quantitative estimate of drug-likeness (QED) is 0.665. The molecule has 29 heavy (non-hydrogen) atoms. The Morgan fingerprint density at radius 3 is 2.38 bits per heavy atom. The van der Waals surface area contributed by atoms with E-state index in [1.807, 2.05) is 38.4 Å². The maximum atomic E-state index is 12.1. The van der Waals surface area contributed by atoms with Gasteiger partial charge < -0.3 is 14.2 Å². The van der Waals surface area contributed by atoms with Crippen LogP contribution < -0.4 is 5.48 Å². The highest BCUT2D eigenvalue weighted by molar-refractivity contribution is 5.98. The van der Waals surface area contributed by atoms with E-state index in [9.17, 15) is 22.8 Å². The number of fused-ring (bicyclic) bond motifs is 1. The number of carbonyl (C=O) groups excluding carboxylic acids is 2. The predicted molar refractivity (Wildman–Crippen MR) is 98.7 cm³/mol. The molecule has 0 aliphatic heterocycles. The number of hydrogen-bond acceptors (Lipinski definition) is 5. The summed E-state index contributed by atoms with van der Waals surface area (Å²) in [5, 5.41) is 0.709. The van der Waals surface area contributed by atoms with Gasteiger partial charge in [-0.1, -0.05) is 30.3 Å². The highest BCUT2D eigenvalue weighted by Crippen LogP contribution is 2.29. The fourth-order valence-corrected chi connectivity index (χ4v) is 2.66. The molecule has 3 aromatic rings. The van der Waals surface area contributed by atoms with Crippen molar-refractivity contribution < 1.29 is 32.0 Å². The minimum Gasteiger partial charge on any atom is -0.456 e. The molecular formula is C20H17F3N2O4. The number of alkyl halides is 3. The van der Waals surface area contributed by atoms with E-state index in [4.69, 9.17) is 4.42 Å². The lowest BCUT2D eigenvalue weighted by atomic mass is 10.1. The number of amides is 1. The average molecular weight is 406 g/mol. The maximum Gasteiger partial charge on any atom is 0.493 e. The van der Waals surface area contributed by atoms with Gasteiger partial charge >= 0.3 is 12.1 Å². The van der Waals surface area contributed by atoms with Crippen molar-refractivity contribution in [3.05, 3.63) is 59.7 Å². The van der Waals surface area contributed by atoms with E-state index < -0.39 is 18.1 Å². The summed E-state index contributed by atoms with van der Waals surface area (Å²) >= 11 is 0. The molecule has 152 valence electrons. The number of halogens is 3. The summed E-state index contributed by atoms with van der Waals surface area (Å²) in [7, 11) is 3.95. The third-order valence-corrected chi connectivity index (χ3v) is 3.99. The highest BCUT2D eigenvalue weighted by Gasteiger charge is 2.42. The van der Waals surface area contributed by atoms with Crippen LogP contribution in [0.2, 0.25) is 0 Å². The van der Waals surface area contributed by atoms with Crippen molar-refractivity contribution in [2.75, 3.05) is 14.1 Å². The summed E-state index contributed by atoms with van der Waals surface area (Å²) in [5.41, 5.74) is 3.81. The van der Waals surface area contributed by atoms with Crippen LogP contribution >= 0.6 is 0 Å². The standard InChI is InChI=1S/C20H17F3N2O4/c1-25(2)11-12-3-5-13(6-4-12)16-9-14-7-8-15(10-17(14)28-16)18(26)24-29-19(27)20(21,22)23/h3-10H,11H2,1-2H3,(H,24,26). The van der Waals surface area contributed by atoms with Crippen LogP contribution in [0.5, 0.6) is 0 Å². The monoisotopic (exact) mass is 406 g/mol. The van der Waals surface area contributed by atoms with E-state index in [1.54, 1.807) is 12.1 Å². The molecule has 1 heterocycles. The fraction of sp³-hybridized carbons (Fsp3) is 0.200. The number of carbonyl (C=O) groups is 2. The lowest BCUT2D eigenvalue weighted by molar-refractivity contribution is -0.204. The van der Waals surface area contributed by atoms with Crippen molar-refractivity contribution in [2.24, 2.45) is 0 Å². The van der Waals surface area contributed by atoms with Gasteiger partial charge in [-0.05, 0) is 37.9 Å². The van der Waals surface area contributed by atoms with Gasteiger partial charge in [-0.15, -0.1) is 0 Å². The molecule has 6 nitrogen and oxygen atoms in total. The molecule has 0 aliphatic carbocycles. The molecule has 3 rings (SSSR count). The number of furan rings is 1. The fourth-order valence-electron chi connectivity index (χ4n) is 2.66. The molecule has 0 bridgehead atoms. The second kappa shape index (κ2) is 7.96. The zero-order chi connectivity index (χ0) is 21.2. The minimum atomic E-state index is -5.20. The van der Waals surface area contributed by atoms with Crippen LogP contribution in [0.1, 0.15) is 15.9 Å². The first kappa shape index (κ1) is 20.4. The van der Waals surface area contributed by atoms with Crippen LogP contribution in [0, 0.1) is 0 Å².